The van der Waals surface area contributed by atoms with Crippen LogP contribution in [0.2, 0.25) is 0 Å². The number of amides is 1. The second-order valence-electron chi connectivity index (χ2n) is 2.00. The monoisotopic (exact) mass is 231 g/mol. The van der Waals surface area contributed by atoms with Crippen molar-refractivity contribution < 1.29 is 42.3 Å². The van der Waals surface area contributed by atoms with E-state index in [4.69, 9.17) is 0 Å². The van der Waals surface area contributed by atoms with Gasteiger partial charge in [-0.25, -0.2) is 6.29 Å². The summed E-state index contributed by atoms with van der Waals surface area (Å²) in [5, 5.41) is 2.50. The summed E-state index contributed by atoms with van der Waals surface area (Å²) in [6.45, 7) is 3.57. The summed E-state index contributed by atoms with van der Waals surface area (Å²) in [6, 6.07) is -0.424. The predicted molar refractivity (Wildman–Crippen MR) is 38.2 cm³/mol. The summed E-state index contributed by atoms with van der Waals surface area (Å²) >= 11 is 0. The zero-order valence-corrected chi connectivity index (χ0v) is 9.72. The number of nitrogens with one attached hydrogen (secondary N) is 1. The molecule has 1 N–H and O–H groups in total. The average molecular weight is 231 g/mol. The molecule has 0 heterocycles. The summed E-state index contributed by atoms with van der Waals surface area (Å²) in [7, 11) is 0. The summed E-state index contributed by atoms with van der Waals surface area (Å²) in [4.78, 5) is 20.7. The van der Waals surface area contributed by atoms with Crippen molar-refractivity contribution in [1.29, 1.82) is 0 Å². The molecule has 1 amide bonds. The number of hydrogen-bond acceptors (Lipinski definition) is 2. The zero-order chi connectivity index (χ0) is 7.98. The SMILES string of the molecule is CCC(=O)NC([C-]=O)CC.[Y]. The first kappa shape index (κ1) is 13.8. The van der Waals surface area contributed by atoms with E-state index in [0.29, 0.717) is 12.8 Å². The first-order valence-electron chi connectivity index (χ1n) is 3.41. The third-order valence-electron chi connectivity index (χ3n) is 1.21. The van der Waals surface area contributed by atoms with E-state index in [1.54, 1.807) is 13.2 Å². The Morgan fingerprint density at radius 1 is 1.55 bits per heavy atom. The molecule has 11 heavy (non-hydrogen) atoms. The van der Waals surface area contributed by atoms with E-state index in [1.165, 1.54) is 0 Å². The molecule has 0 aromatic heterocycles. The van der Waals surface area contributed by atoms with Crippen LogP contribution in [0, 0.1) is 0 Å². The molecule has 61 valence electrons. The Morgan fingerprint density at radius 2 is 2.09 bits per heavy atom. The van der Waals surface area contributed by atoms with Crippen LogP contribution in [0.3, 0.4) is 0 Å². The summed E-state index contributed by atoms with van der Waals surface area (Å²) in [6.07, 6.45) is 2.76. The topological polar surface area (TPSA) is 46.2 Å². The molecule has 3 nitrogen and oxygen atoms in total. The predicted octanol–water partition coefficient (Wildman–Crippen LogP) is 0.398. The van der Waals surface area contributed by atoms with Gasteiger partial charge < -0.3 is 10.1 Å². The van der Waals surface area contributed by atoms with Gasteiger partial charge in [0.1, 0.15) is 0 Å². The van der Waals surface area contributed by atoms with E-state index in [0.717, 1.165) is 0 Å². The van der Waals surface area contributed by atoms with Crippen molar-refractivity contribution >= 4 is 12.2 Å². The van der Waals surface area contributed by atoms with E-state index in [1.807, 2.05) is 6.92 Å². The van der Waals surface area contributed by atoms with Gasteiger partial charge in [0, 0.05) is 39.1 Å². The molecule has 0 saturated carbocycles. The van der Waals surface area contributed by atoms with E-state index < -0.39 is 6.04 Å². The Balaban J connectivity index is 0. The van der Waals surface area contributed by atoms with Crippen molar-refractivity contribution in [1.82, 2.24) is 5.32 Å². The fraction of sp³-hybridized carbons (Fsp3) is 0.714. The molecule has 1 radical (unpaired) electrons. The molecule has 0 saturated heterocycles. The van der Waals surface area contributed by atoms with E-state index in [-0.39, 0.29) is 38.6 Å². The number of hydrogen-bond donors (Lipinski definition) is 1. The quantitative estimate of drug-likeness (QED) is 0.712. The second kappa shape index (κ2) is 8.34. The Hall–Kier alpha value is 0.244. The Bertz CT molecular complexity index is 128. The molecular weight excluding hydrogens is 219 g/mol. The largest absolute Gasteiger partial charge is 0.540 e. The maximum atomic E-state index is 10.6. The van der Waals surface area contributed by atoms with Gasteiger partial charge >= 0.3 is 0 Å². The molecule has 1 atom stereocenters. The summed E-state index contributed by atoms with van der Waals surface area (Å²) < 4.78 is 0. The summed E-state index contributed by atoms with van der Waals surface area (Å²) in [5.41, 5.74) is 0. The first-order chi connectivity index (χ1) is 4.74. The standard InChI is InChI=1S/C7H12NO2.Y/c1-3-6(5-9)8-7(10)4-2;/h6H,3-4H2,1-2H3,(H,8,10);/q-1;. The van der Waals surface area contributed by atoms with Crippen molar-refractivity contribution in [3.63, 3.8) is 0 Å². The minimum atomic E-state index is -0.424. The van der Waals surface area contributed by atoms with Gasteiger partial charge in [0.15, 0.2) is 0 Å². The molecule has 0 aliphatic heterocycles. The van der Waals surface area contributed by atoms with Gasteiger partial charge in [-0.15, -0.1) is 0 Å². The van der Waals surface area contributed by atoms with Crippen molar-refractivity contribution in [2.75, 3.05) is 0 Å². The maximum absolute atomic E-state index is 10.6. The Morgan fingerprint density at radius 3 is 2.36 bits per heavy atom. The second-order valence-corrected chi connectivity index (χ2v) is 2.00. The van der Waals surface area contributed by atoms with Gasteiger partial charge in [0.2, 0.25) is 5.91 Å². The number of carbonyl (C=O) groups excluding carboxylic acids is 2. The Kier molecular flexibility index (Phi) is 10.5. The third kappa shape index (κ3) is 6.63. The van der Waals surface area contributed by atoms with Crippen LogP contribution >= 0.6 is 0 Å². The minimum absolute atomic E-state index is 0. The van der Waals surface area contributed by atoms with Gasteiger partial charge in [-0.3, -0.25) is 4.79 Å². The zero-order valence-electron chi connectivity index (χ0n) is 6.89. The van der Waals surface area contributed by atoms with Crippen LogP contribution in [0.4, 0.5) is 0 Å². The average Bonchev–Trinajstić information content (AvgIpc) is 1.99. The first-order valence-corrected chi connectivity index (χ1v) is 3.41. The molecule has 0 fully saturated rings. The van der Waals surface area contributed by atoms with Crippen LogP contribution in [-0.2, 0) is 42.3 Å². The fourth-order valence-corrected chi connectivity index (χ4v) is 0.511. The van der Waals surface area contributed by atoms with Crippen LogP contribution in [0.25, 0.3) is 0 Å². The van der Waals surface area contributed by atoms with Crippen molar-refractivity contribution in [2.24, 2.45) is 0 Å². The molecule has 1 unspecified atom stereocenters. The molecule has 0 bridgehead atoms. The van der Waals surface area contributed by atoms with Gasteiger partial charge in [0.05, 0.1) is 0 Å². The Labute approximate surface area is 92.2 Å². The van der Waals surface area contributed by atoms with Crippen LogP contribution in [-0.4, -0.2) is 18.2 Å². The van der Waals surface area contributed by atoms with Gasteiger partial charge in [-0.2, -0.15) is 0 Å². The third-order valence-corrected chi connectivity index (χ3v) is 1.21. The fourth-order valence-electron chi connectivity index (χ4n) is 0.511. The van der Waals surface area contributed by atoms with E-state index in [2.05, 4.69) is 5.32 Å². The minimum Gasteiger partial charge on any atom is -0.540 e. The normalized spacial score (nSPS) is 11.1. The molecule has 0 aliphatic carbocycles. The molecule has 0 aromatic carbocycles. The molecular formula is C7H12NO2Y-. The number of rotatable bonds is 4. The van der Waals surface area contributed by atoms with Gasteiger partial charge in [0.25, 0.3) is 0 Å². The molecule has 4 heteroatoms. The molecule has 0 rings (SSSR count). The van der Waals surface area contributed by atoms with Gasteiger partial charge in [-0.1, -0.05) is 26.3 Å². The van der Waals surface area contributed by atoms with Crippen LogP contribution < -0.4 is 5.32 Å². The van der Waals surface area contributed by atoms with Crippen molar-refractivity contribution in [3.05, 3.63) is 0 Å². The maximum Gasteiger partial charge on any atom is 0.217 e. The molecule has 0 spiro atoms. The van der Waals surface area contributed by atoms with Crippen LogP contribution in [0.15, 0.2) is 0 Å². The van der Waals surface area contributed by atoms with Crippen LogP contribution in [0.5, 0.6) is 0 Å². The van der Waals surface area contributed by atoms with Crippen molar-refractivity contribution in [3.8, 4) is 0 Å². The van der Waals surface area contributed by atoms with Crippen LogP contribution in [0.1, 0.15) is 26.7 Å². The number of carbonyl (C=O) groups is 1. The van der Waals surface area contributed by atoms with E-state index in [9.17, 15) is 9.59 Å². The van der Waals surface area contributed by atoms with E-state index >= 15 is 0 Å². The molecule has 0 aliphatic rings. The summed E-state index contributed by atoms with van der Waals surface area (Å²) in [5.74, 6) is -0.102. The smallest absolute Gasteiger partial charge is 0.217 e. The van der Waals surface area contributed by atoms with Crippen molar-refractivity contribution in [2.45, 2.75) is 32.7 Å². The van der Waals surface area contributed by atoms with Gasteiger partial charge in [-0.05, 0) is 0 Å². The molecule has 0 aromatic rings.